The number of nitrogens with one attached hydrogen (secondary N) is 1. The Kier molecular flexibility index (Phi) is 6.40. The maximum absolute atomic E-state index is 14.9. The van der Waals surface area contributed by atoms with Gasteiger partial charge in [0.15, 0.2) is 11.7 Å². The summed E-state index contributed by atoms with van der Waals surface area (Å²) in [5.41, 5.74) is 10.6. The van der Waals surface area contributed by atoms with Crippen LogP contribution in [-0.2, 0) is 4.79 Å². The van der Waals surface area contributed by atoms with Gasteiger partial charge in [-0.1, -0.05) is 25.0 Å². The predicted octanol–water partition coefficient (Wildman–Crippen LogP) is 3.00. The van der Waals surface area contributed by atoms with Gasteiger partial charge in [-0.15, -0.1) is 0 Å². The summed E-state index contributed by atoms with van der Waals surface area (Å²) >= 11 is 0.649. The summed E-state index contributed by atoms with van der Waals surface area (Å²) in [7, 11) is 0. The molecule has 2 aromatic heterocycles. The Hall–Kier alpha value is -3.73. The predicted molar refractivity (Wildman–Crippen MR) is 120 cm³/mol. The van der Waals surface area contributed by atoms with Gasteiger partial charge in [0, 0.05) is 6.04 Å². The third kappa shape index (κ3) is 4.44. The van der Waals surface area contributed by atoms with E-state index in [1.54, 1.807) is 6.07 Å². The normalized spacial score (nSPS) is 14.7. The lowest BCUT2D eigenvalue weighted by atomic mass is 10.1. The van der Waals surface area contributed by atoms with E-state index in [9.17, 15) is 18.8 Å². The third-order valence-electron chi connectivity index (χ3n) is 5.51. The van der Waals surface area contributed by atoms with Gasteiger partial charge >= 0.3 is 0 Å². The van der Waals surface area contributed by atoms with Gasteiger partial charge < -0.3 is 21.2 Å². The van der Waals surface area contributed by atoms with Gasteiger partial charge in [-0.3, -0.25) is 19.3 Å². The second-order valence-corrected chi connectivity index (χ2v) is 8.45. The van der Waals surface area contributed by atoms with Crippen LogP contribution in [-0.4, -0.2) is 28.1 Å². The summed E-state index contributed by atoms with van der Waals surface area (Å²) in [6.45, 7) is 0. The zero-order chi connectivity index (χ0) is 23.5. The molecular weight excluding hydrogens is 449 g/mol. The van der Waals surface area contributed by atoms with E-state index in [0.717, 1.165) is 30.6 Å². The van der Waals surface area contributed by atoms with Crippen molar-refractivity contribution in [3.05, 3.63) is 64.8 Å². The summed E-state index contributed by atoms with van der Waals surface area (Å²) in [6, 6.07) is 7.27. The molecule has 1 saturated carbocycles. The number of carbonyl (C=O) groups excluding carboxylic acids is 3. The van der Waals surface area contributed by atoms with Crippen LogP contribution >= 0.6 is 11.5 Å². The number of nitrogens with two attached hydrogens (primary N) is 2. The Balaban J connectivity index is 1.83. The lowest BCUT2D eigenvalue weighted by Crippen LogP contribution is -2.46. The average Bonchev–Trinajstić information content (AvgIpc) is 3.54. The van der Waals surface area contributed by atoms with E-state index < -0.39 is 29.6 Å². The molecule has 9 nitrogen and oxygen atoms in total. The number of anilines is 2. The standard InChI is InChI=1S/C22H22FN5O4S/c23-13-8-3-4-9-14(13)28(22(31)19-16(24)17(20(25)29)27-33-19)18(15-10-5-11-32-15)21(30)26-12-6-1-2-7-12/h3-5,8-12,18H,1-2,6-7,24H2,(H2,25,29)(H,26,30). The molecule has 33 heavy (non-hydrogen) atoms. The first-order valence-corrected chi connectivity index (χ1v) is 11.1. The Morgan fingerprint density at radius 2 is 1.91 bits per heavy atom. The van der Waals surface area contributed by atoms with Crippen LogP contribution in [0.1, 0.15) is 57.6 Å². The second kappa shape index (κ2) is 9.41. The maximum Gasteiger partial charge on any atom is 0.273 e. The minimum Gasteiger partial charge on any atom is -0.467 e. The molecule has 172 valence electrons. The van der Waals surface area contributed by atoms with Crippen LogP contribution in [0.3, 0.4) is 0 Å². The fraction of sp³-hybridized carbons (Fsp3) is 0.273. The number of rotatable bonds is 7. The smallest absolute Gasteiger partial charge is 0.273 e. The van der Waals surface area contributed by atoms with Gasteiger partial charge in [0.25, 0.3) is 17.7 Å². The Morgan fingerprint density at radius 1 is 1.18 bits per heavy atom. The van der Waals surface area contributed by atoms with Gasteiger partial charge in [-0.05, 0) is 48.6 Å². The number of carbonyl (C=O) groups is 3. The molecule has 5 N–H and O–H groups in total. The van der Waals surface area contributed by atoms with Crippen LogP contribution in [0.4, 0.5) is 15.8 Å². The van der Waals surface area contributed by atoms with Crippen molar-refractivity contribution < 1.29 is 23.2 Å². The minimum absolute atomic E-state index is 0.0533. The number of hydrogen-bond acceptors (Lipinski definition) is 7. The number of hydrogen-bond donors (Lipinski definition) is 3. The van der Waals surface area contributed by atoms with E-state index in [1.165, 1.54) is 36.6 Å². The fourth-order valence-corrected chi connectivity index (χ4v) is 4.66. The molecule has 3 amide bonds. The highest BCUT2D eigenvalue weighted by molar-refractivity contribution is 7.09. The number of benzene rings is 1. The van der Waals surface area contributed by atoms with E-state index >= 15 is 0 Å². The number of amides is 3. The summed E-state index contributed by atoms with van der Waals surface area (Å²) in [5.74, 6) is -2.83. The maximum atomic E-state index is 14.9. The van der Waals surface area contributed by atoms with Crippen LogP contribution in [0.2, 0.25) is 0 Å². The molecule has 0 aliphatic heterocycles. The molecule has 1 aliphatic carbocycles. The zero-order valence-electron chi connectivity index (χ0n) is 17.5. The molecule has 1 aliphatic rings. The number of nitrogens with zero attached hydrogens (tertiary/aromatic N) is 2. The number of nitrogen functional groups attached to an aromatic ring is 1. The van der Waals surface area contributed by atoms with E-state index in [-0.39, 0.29) is 33.7 Å². The van der Waals surface area contributed by atoms with Gasteiger partial charge in [-0.25, -0.2) is 4.39 Å². The average molecular weight is 472 g/mol. The van der Waals surface area contributed by atoms with Gasteiger partial charge in [0.2, 0.25) is 0 Å². The molecular formula is C22H22FN5O4S. The first kappa shape index (κ1) is 22.5. The molecule has 1 aromatic carbocycles. The lowest BCUT2D eigenvalue weighted by molar-refractivity contribution is -0.123. The molecule has 1 unspecified atom stereocenters. The Labute approximate surface area is 192 Å². The van der Waals surface area contributed by atoms with Crippen molar-refractivity contribution in [2.24, 2.45) is 5.73 Å². The van der Waals surface area contributed by atoms with Crippen LogP contribution in [0, 0.1) is 5.82 Å². The largest absolute Gasteiger partial charge is 0.467 e. The number of furan rings is 1. The summed E-state index contributed by atoms with van der Waals surface area (Å²) in [4.78, 5) is 39.6. The van der Waals surface area contributed by atoms with Crippen molar-refractivity contribution >= 4 is 40.6 Å². The molecule has 1 fully saturated rings. The molecule has 0 saturated heterocycles. The topological polar surface area (TPSA) is 145 Å². The minimum atomic E-state index is -1.33. The van der Waals surface area contributed by atoms with Crippen LogP contribution in [0.15, 0.2) is 47.1 Å². The zero-order valence-corrected chi connectivity index (χ0v) is 18.3. The second-order valence-electron chi connectivity index (χ2n) is 7.67. The SMILES string of the molecule is NC(=O)c1nsc(C(=O)N(c2ccccc2F)C(C(=O)NC2CCCC2)c2ccco2)c1N. The van der Waals surface area contributed by atoms with Crippen LogP contribution in [0.5, 0.6) is 0 Å². The molecule has 4 rings (SSSR count). The first-order chi connectivity index (χ1) is 15.9. The summed E-state index contributed by atoms with van der Waals surface area (Å²) < 4.78 is 24.3. The van der Waals surface area contributed by atoms with Crippen molar-refractivity contribution in [3.8, 4) is 0 Å². The van der Waals surface area contributed by atoms with Crippen molar-refractivity contribution in [1.82, 2.24) is 9.69 Å². The van der Waals surface area contributed by atoms with E-state index in [0.29, 0.717) is 11.5 Å². The molecule has 3 aromatic rings. The molecule has 0 bridgehead atoms. The molecule has 11 heteroatoms. The van der Waals surface area contributed by atoms with Crippen molar-refractivity contribution in [1.29, 1.82) is 0 Å². The molecule has 1 atom stereocenters. The highest BCUT2D eigenvalue weighted by atomic mass is 32.1. The Bertz CT molecular complexity index is 1170. The monoisotopic (exact) mass is 471 g/mol. The van der Waals surface area contributed by atoms with Gasteiger partial charge in [0.05, 0.1) is 17.6 Å². The van der Waals surface area contributed by atoms with Crippen molar-refractivity contribution in [3.63, 3.8) is 0 Å². The number of primary amides is 1. The van der Waals surface area contributed by atoms with Gasteiger partial charge in [0.1, 0.15) is 16.5 Å². The third-order valence-corrected chi connectivity index (χ3v) is 6.36. The van der Waals surface area contributed by atoms with E-state index in [2.05, 4.69) is 9.69 Å². The van der Waals surface area contributed by atoms with Crippen LogP contribution in [0.25, 0.3) is 0 Å². The fourth-order valence-electron chi connectivity index (χ4n) is 3.92. The van der Waals surface area contributed by atoms with Crippen molar-refractivity contribution in [2.45, 2.75) is 37.8 Å². The molecule has 0 spiro atoms. The number of para-hydroxylation sites is 1. The highest BCUT2D eigenvalue weighted by Gasteiger charge is 2.39. The summed E-state index contributed by atoms with van der Waals surface area (Å²) in [6.07, 6.45) is 4.96. The Morgan fingerprint density at radius 3 is 2.52 bits per heavy atom. The van der Waals surface area contributed by atoms with Gasteiger partial charge in [-0.2, -0.15) is 4.37 Å². The number of aromatic nitrogens is 1. The molecule has 0 radical (unpaired) electrons. The number of halogens is 1. The molecule has 2 heterocycles. The summed E-state index contributed by atoms with van der Waals surface area (Å²) in [5, 5.41) is 2.95. The highest BCUT2D eigenvalue weighted by Crippen LogP contribution is 2.35. The van der Waals surface area contributed by atoms with Crippen LogP contribution < -0.4 is 21.7 Å². The van der Waals surface area contributed by atoms with E-state index in [4.69, 9.17) is 15.9 Å². The lowest BCUT2D eigenvalue weighted by Gasteiger charge is -2.30. The van der Waals surface area contributed by atoms with Crippen molar-refractivity contribution in [2.75, 3.05) is 10.6 Å². The quantitative estimate of drug-likeness (QED) is 0.483. The first-order valence-electron chi connectivity index (χ1n) is 10.3. The van der Waals surface area contributed by atoms with E-state index in [1.807, 2.05) is 0 Å².